The van der Waals surface area contributed by atoms with Crippen molar-refractivity contribution in [1.29, 1.82) is 0 Å². The van der Waals surface area contributed by atoms with Crippen LogP contribution in [0.25, 0.3) is 16.6 Å². The first kappa shape index (κ1) is 11.4. The van der Waals surface area contributed by atoms with Crippen LogP contribution >= 0.6 is 15.9 Å². The Morgan fingerprint density at radius 3 is 2.39 bits per heavy atom. The minimum atomic E-state index is -0.315. The summed E-state index contributed by atoms with van der Waals surface area (Å²) in [5, 5.41) is 0.924. The second kappa shape index (κ2) is 4.21. The third-order valence-electron chi connectivity index (χ3n) is 2.84. The van der Waals surface area contributed by atoms with Crippen LogP contribution in [-0.4, -0.2) is 4.57 Å². The van der Waals surface area contributed by atoms with Gasteiger partial charge in [0.1, 0.15) is 11.6 Å². The molecule has 90 valence electrons. The molecule has 0 bridgehead atoms. The van der Waals surface area contributed by atoms with E-state index in [1.165, 1.54) is 18.2 Å². The quantitative estimate of drug-likeness (QED) is 0.615. The van der Waals surface area contributed by atoms with Crippen molar-refractivity contribution in [2.75, 3.05) is 0 Å². The smallest absolute Gasteiger partial charge is 0.139 e. The minimum Gasteiger partial charge on any atom is -0.316 e. The predicted octanol–water partition coefficient (Wildman–Crippen LogP) is 4.67. The highest BCUT2D eigenvalue weighted by Gasteiger charge is 2.07. The highest BCUT2D eigenvalue weighted by molar-refractivity contribution is 9.10. The van der Waals surface area contributed by atoms with Gasteiger partial charge in [-0.3, -0.25) is 0 Å². The van der Waals surface area contributed by atoms with E-state index in [2.05, 4.69) is 15.9 Å². The minimum absolute atomic E-state index is 0.288. The van der Waals surface area contributed by atoms with E-state index in [0.717, 1.165) is 16.6 Å². The van der Waals surface area contributed by atoms with Crippen LogP contribution in [0.3, 0.4) is 0 Å². The maximum absolute atomic E-state index is 13.6. The van der Waals surface area contributed by atoms with Crippen LogP contribution in [0.2, 0.25) is 0 Å². The van der Waals surface area contributed by atoms with Crippen LogP contribution in [0, 0.1) is 11.6 Å². The first-order chi connectivity index (χ1) is 8.65. The molecule has 1 heterocycles. The molecule has 3 aromatic rings. The molecular formula is C14H8BrF2N. The Morgan fingerprint density at radius 1 is 0.944 bits per heavy atom. The molecule has 2 aromatic carbocycles. The largest absolute Gasteiger partial charge is 0.316 e. The summed E-state index contributed by atoms with van der Waals surface area (Å²) in [5.74, 6) is -0.603. The molecule has 0 spiro atoms. The van der Waals surface area contributed by atoms with Gasteiger partial charge in [-0.1, -0.05) is 0 Å². The van der Waals surface area contributed by atoms with E-state index >= 15 is 0 Å². The maximum Gasteiger partial charge on any atom is 0.139 e. The van der Waals surface area contributed by atoms with Gasteiger partial charge < -0.3 is 4.57 Å². The van der Waals surface area contributed by atoms with Crippen molar-refractivity contribution in [1.82, 2.24) is 4.57 Å². The number of hydrogen-bond acceptors (Lipinski definition) is 0. The molecule has 0 aliphatic carbocycles. The summed E-state index contributed by atoms with van der Waals surface area (Å²) >= 11 is 3.16. The van der Waals surface area contributed by atoms with Crippen molar-refractivity contribution in [2.45, 2.75) is 0 Å². The molecule has 0 saturated carbocycles. The first-order valence-corrected chi connectivity index (χ1v) is 6.16. The van der Waals surface area contributed by atoms with Gasteiger partial charge >= 0.3 is 0 Å². The molecule has 1 aromatic heterocycles. The monoisotopic (exact) mass is 307 g/mol. The van der Waals surface area contributed by atoms with E-state index in [0.29, 0.717) is 4.47 Å². The summed E-state index contributed by atoms with van der Waals surface area (Å²) in [7, 11) is 0. The van der Waals surface area contributed by atoms with Crippen molar-refractivity contribution in [3.05, 3.63) is 64.8 Å². The van der Waals surface area contributed by atoms with E-state index in [4.69, 9.17) is 0 Å². The summed E-state index contributed by atoms with van der Waals surface area (Å²) < 4.78 is 28.7. The van der Waals surface area contributed by atoms with Gasteiger partial charge in [0, 0.05) is 17.3 Å². The first-order valence-electron chi connectivity index (χ1n) is 5.37. The van der Waals surface area contributed by atoms with Gasteiger partial charge in [-0.25, -0.2) is 8.78 Å². The fourth-order valence-electron chi connectivity index (χ4n) is 1.96. The number of benzene rings is 2. The van der Waals surface area contributed by atoms with Crippen molar-refractivity contribution in [3.63, 3.8) is 0 Å². The number of nitrogens with zero attached hydrogens (tertiary/aromatic N) is 1. The lowest BCUT2D eigenvalue weighted by Crippen LogP contribution is -1.92. The molecule has 0 radical (unpaired) electrons. The van der Waals surface area contributed by atoms with Gasteiger partial charge in [0.05, 0.1) is 9.99 Å². The fourth-order valence-corrected chi connectivity index (χ4v) is 2.32. The summed E-state index contributed by atoms with van der Waals surface area (Å²) in [6.45, 7) is 0. The van der Waals surface area contributed by atoms with Gasteiger partial charge in [-0.05, 0) is 58.4 Å². The van der Waals surface area contributed by atoms with Crippen molar-refractivity contribution in [2.24, 2.45) is 0 Å². The fraction of sp³-hybridized carbons (Fsp3) is 0. The molecule has 1 nitrogen and oxygen atoms in total. The molecule has 0 saturated heterocycles. The van der Waals surface area contributed by atoms with Crippen LogP contribution in [0.15, 0.2) is 53.1 Å². The number of hydrogen-bond donors (Lipinski definition) is 0. The van der Waals surface area contributed by atoms with Crippen LogP contribution in [0.4, 0.5) is 8.78 Å². The SMILES string of the molecule is Fc1ccc(-n2ccc3cc(Br)c(F)cc32)cc1. The summed E-state index contributed by atoms with van der Waals surface area (Å²) in [6.07, 6.45) is 1.84. The van der Waals surface area contributed by atoms with E-state index in [1.807, 2.05) is 16.8 Å². The van der Waals surface area contributed by atoms with Gasteiger partial charge in [0.2, 0.25) is 0 Å². The second-order valence-electron chi connectivity index (χ2n) is 3.99. The number of halogens is 3. The van der Waals surface area contributed by atoms with E-state index in [9.17, 15) is 8.78 Å². The van der Waals surface area contributed by atoms with Gasteiger partial charge in [-0.2, -0.15) is 0 Å². The van der Waals surface area contributed by atoms with Crippen LogP contribution in [-0.2, 0) is 0 Å². The van der Waals surface area contributed by atoms with Crippen molar-refractivity contribution >= 4 is 26.8 Å². The standard InChI is InChI=1S/C14H8BrF2N/c15-12-7-9-5-6-18(14(9)8-13(12)17)11-3-1-10(16)2-4-11/h1-8H. The zero-order valence-corrected chi connectivity index (χ0v) is 10.8. The molecule has 0 aliphatic rings. The Balaban J connectivity index is 2.23. The molecule has 0 fully saturated rings. The lowest BCUT2D eigenvalue weighted by molar-refractivity contribution is 0.622. The molecular weight excluding hydrogens is 300 g/mol. The molecule has 0 N–H and O–H groups in total. The molecule has 18 heavy (non-hydrogen) atoms. The average Bonchev–Trinajstić information content (AvgIpc) is 2.74. The Hall–Kier alpha value is -1.68. The summed E-state index contributed by atoms with van der Waals surface area (Å²) in [5.41, 5.74) is 1.55. The third kappa shape index (κ3) is 1.82. The highest BCUT2D eigenvalue weighted by atomic mass is 79.9. The van der Waals surface area contributed by atoms with Gasteiger partial charge in [-0.15, -0.1) is 0 Å². The predicted molar refractivity (Wildman–Crippen MR) is 70.9 cm³/mol. The maximum atomic E-state index is 13.6. The number of rotatable bonds is 1. The lowest BCUT2D eigenvalue weighted by Gasteiger charge is -2.05. The average molecular weight is 308 g/mol. The summed E-state index contributed by atoms with van der Waals surface area (Å²) in [6, 6.07) is 11.2. The second-order valence-corrected chi connectivity index (χ2v) is 4.84. The Bertz CT molecular complexity index is 716. The Morgan fingerprint density at radius 2 is 1.67 bits per heavy atom. The highest BCUT2D eigenvalue weighted by Crippen LogP contribution is 2.26. The number of fused-ring (bicyclic) bond motifs is 1. The van der Waals surface area contributed by atoms with Crippen molar-refractivity contribution < 1.29 is 8.78 Å². The molecule has 0 amide bonds. The topological polar surface area (TPSA) is 4.93 Å². The van der Waals surface area contributed by atoms with Gasteiger partial charge in [0.15, 0.2) is 0 Å². The zero-order chi connectivity index (χ0) is 12.7. The Labute approximate surface area is 111 Å². The van der Waals surface area contributed by atoms with E-state index in [1.54, 1.807) is 18.2 Å². The number of aromatic nitrogens is 1. The summed E-state index contributed by atoms with van der Waals surface area (Å²) in [4.78, 5) is 0. The van der Waals surface area contributed by atoms with E-state index < -0.39 is 0 Å². The van der Waals surface area contributed by atoms with E-state index in [-0.39, 0.29) is 11.6 Å². The lowest BCUT2D eigenvalue weighted by atomic mass is 10.2. The normalized spacial score (nSPS) is 11.1. The Kier molecular flexibility index (Phi) is 2.67. The van der Waals surface area contributed by atoms with Crippen LogP contribution in [0.1, 0.15) is 0 Å². The van der Waals surface area contributed by atoms with Crippen LogP contribution < -0.4 is 0 Å². The van der Waals surface area contributed by atoms with Crippen LogP contribution in [0.5, 0.6) is 0 Å². The van der Waals surface area contributed by atoms with Gasteiger partial charge in [0.25, 0.3) is 0 Å². The zero-order valence-electron chi connectivity index (χ0n) is 9.20. The third-order valence-corrected chi connectivity index (χ3v) is 3.44. The molecule has 4 heteroatoms. The molecule has 0 aliphatic heterocycles. The molecule has 3 rings (SSSR count). The molecule has 0 atom stereocenters. The van der Waals surface area contributed by atoms with Crippen molar-refractivity contribution in [3.8, 4) is 5.69 Å². The molecule has 0 unspecified atom stereocenters.